The van der Waals surface area contributed by atoms with Crippen molar-refractivity contribution < 1.29 is 26.7 Å². The van der Waals surface area contributed by atoms with E-state index in [1.807, 2.05) is 42.5 Å². The van der Waals surface area contributed by atoms with Crippen LogP contribution in [-0.4, -0.2) is 12.3 Å². The van der Waals surface area contributed by atoms with Gasteiger partial charge in [0.1, 0.15) is 5.75 Å². The van der Waals surface area contributed by atoms with Gasteiger partial charge in [-0.3, -0.25) is 0 Å². The third-order valence-electron chi connectivity index (χ3n) is 4.25. The van der Waals surface area contributed by atoms with Crippen LogP contribution in [0.25, 0.3) is 22.5 Å². The highest BCUT2D eigenvalue weighted by molar-refractivity contribution is 6.09. The second-order valence-corrected chi connectivity index (χ2v) is 6.07. The summed E-state index contributed by atoms with van der Waals surface area (Å²) in [4.78, 5) is 0. The molecule has 3 aromatic carbocycles. The molecule has 0 bridgehead atoms. The minimum atomic E-state index is -5.78. The summed E-state index contributed by atoms with van der Waals surface area (Å²) < 4.78 is 66.5. The topological polar surface area (TPSA) is 21.3 Å². The van der Waals surface area contributed by atoms with Gasteiger partial charge in [-0.15, -0.1) is 0 Å². The zero-order valence-electron chi connectivity index (χ0n) is 13.6. The smallest absolute Gasteiger partial charge is 0.426 e. The molecule has 3 aromatic rings. The number of ether oxygens (including phenoxy) is 1. The third kappa shape index (κ3) is 3.09. The maximum Gasteiger partial charge on any atom is 0.499 e. The largest absolute Gasteiger partial charge is 0.499 e. The molecular formula is C20H12F5NO. The Kier molecular flexibility index (Phi) is 3.83. The quantitative estimate of drug-likeness (QED) is 0.541. The summed E-state index contributed by atoms with van der Waals surface area (Å²) in [5.74, 6) is -0.569. The average Bonchev–Trinajstić information content (AvgIpc) is 2.61. The van der Waals surface area contributed by atoms with E-state index in [1.54, 1.807) is 0 Å². The molecule has 0 radical (unpaired) electrons. The van der Waals surface area contributed by atoms with Crippen LogP contribution in [0.4, 0.5) is 27.6 Å². The van der Waals surface area contributed by atoms with Crippen molar-refractivity contribution in [3.8, 4) is 5.75 Å². The second-order valence-electron chi connectivity index (χ2n) is 6.07. The number of hydrogen-bond acceptors (Lipinski definition) is 2. The summed E-state index contributed by atoms with van der Waals surface area (Å²) in [7, 11) is 0. The maximum absolute atomic E-state index is 13.0. The van der Waals surface area contributed by atoms with Gasteiger partial charge in [0.2, 0.25) is 0 Å². The van der Waals surface area contributed by atoms with Crippen LogP contribution in [0.1, 0.15) is 11.1 Å². The zero-order valence-corrected chi connectivity index (χ0v) is 13.6. The summed E-state index contributed by atoms with van der Waals surface area (Å²) >= 11 is 0. The maximum atomic E-state index is 13.0. The van der Waals surface area contributed by atoms with Crippen molar-refractivity contribution in [3.05, 3.63) is 71.8 Å². The fourth-order valence-corrected chi connectivity index (χ4v) is 3.00. The van der Waals surface area contributed by atoms with Crippen molar-refractivity contribution in [2.24, 2.45) is 0 Å². The van der Waals surface area contributed by atoms with Gasteiger partial charge in [0, 0.05) is 16.8 Å². The van der Waals surface area contributed by atoms with Gasteiger partial charge in [0.15, 0.2) is 0 Å². The van der Waals surface area contributed by atoms with Gasteiger partial charge in [-0.2, -0.15) is 22.0 Å². The Morgan fingerprint density at radius 3 is 2.11 bits per heavy atom. The van der Waals surface area contributed by atoms with Crippen LogP contribution in [0.15, 0.2) is 60.7 Å². The van der Waals surface area contributed by atoms with Crippen LogP contribution < -0.4 is 10.1 Å². The summed E-state index contributed by atoms with van der Waals surface area (Å²) in [6, 6.07) is 16.7. The predicted molar refractivity (Wildman–Crippen MR) is 93.5 cm³/mol. The zero-order chi connectivity index (χ0) is 19.2. The monoisotopic (exact) mass is 377 g/mol. The first-order chi connectivity index (χ1) is 12.7. The van der Waals surface area contributed by atoms with Crippen LogP contribution in [0.3, 0.4) is 0 Å². The highest BCUT2D eigenvalue weighted by atomic mass is 19.4. The lowest BCUT2D eigenvalue weighted by Gasteiger charge is -2.22. The van der Waals surface area contributed by atoms with Gasteiger partial charge < -0.3 is 10.1 Å². The molecule has 0 unspecified atom stereocenters. The first kappa shape index (κ1) is 17.3. The first-order valence-electron chi connectivity index (χ1n) is 7.99. The molecule has 1 aliphatic heterocycles. The highest BCUT2D eigenvalue weighted by Crippen LogP contribution is 2.39. The van der Waals surface area contributed by atoms with Gasteiger partial charge in [-0.25, -0.2) is 0 Å². The molecule has 1 N–H and O–H groups in total. The minimum absolute atomic E-state index is 0.569. The second kappa shape index (κ2) is 5.97. The number of alkyl halides is 5. The molecule has 0 spiro atoms. The van der Waals surface area contributed by atoms with Crippen molar-refractivity contribution >= 4 is 28.2 Å². The van der Waals surface area contributed by atoms with Crippen molar-refractivity contribution in [1.29, 1.82) is 0 Å². The molecule has 2 nitrogen and oxygen atoms in total. The van der Waals surface area contributed by atoms with Crippen molar-refractivity contribution in [2.75, 3.05) is 5.32 Å². The molecule has 27 heavy (non-hydrogen) atoms. The third-order valence-corrected chi connectivity index (χ3v) is 4.25. The van der Waals surface area contributed by atoms with Gasteiger partial charge in [0.25, 0.3) is 0 Å². The van der Waals surface area contributed by atoms with Crippen LogP contribution >= 0.6 is 0 Å². The Morgan fingerprint density at radius 1 is 0.778 bits per heavy atom. The van der Waals surface area contributed by atoms with Crippen LogP contribution in [0.2, 0.25) is 0 Å². The van der Waals surface area contributed by atoms with Crippen LogP contribution in [0.5, 0.6) is 5.75 Å². The van der Waals surface area contributed by atoms with Gasteiger partial charge in [0.05, 0.1) is 0 Å². The number of anilines is 1. The molecule has 0 saturated carbocycles. The standard InChI is InChI=1S/C20H12F5NO/c21-19(22,23)20(24,25)27-15-9-7-12(8-10-15)17-11-14-5-1-3-13-4-2-6-16(26-17)18(13)14/h1-11,26H. The molecule has 0 aromatic heterocycles. The van der Waals surface area contributed by atoms with E-state index in [-0.39, 0.29) is 0 Å². The average molecular weight is 377 g/mol. The van der Waals surface area contributed by atoms with E-state index in [9.17, 15) is 22.0 Å². The van der Waals surface area contributed by atoms with Gasteiger partial charge in [-0.1, -0.05) is 30.3 Å². The normalized spacial score (nSPS) is 13.9. The summed E-state index contributed by atoms with van der Waals surface area (Å²) in [6.07, 6.45) is -9.12. The van der Waals surface area contributed by atoms with E-state index < -0.39 is 18.0 Å². The molecular weight excluding hydrogens is 365 g/mol. The summed E-state index contributed by atoms with van der Waals surface area (Å²) in [6.45, 7) is 0. The number of rotatable bonds is 3. The number of benzene rings is 3. The van der Waals surface area contributed by atoms with Crippen LogP contribution in [0, 0.1) is 0 Å². The van der Waals surface area contributed by atoms with E-state index in [0.29, 0.717) is 11.3 Å². The van der Waals surface area contributed by atoms with Crippen molar-refractivity contribution in [3.63, 3.8) is 0 Å². The van der Waals surface area contributed by atoms with E-state index in [1.165, 1.54) is 12.1 Å². The van der Waals surface area contributed by atoms with Crippen molar-refractivity contribution in [2.45, 2.75) is 12.3 Å². The molecule has 1 aliphatic rings. The Hall–Kier alpha value is -3.09. The lowest BCUT2D eigenvalue weighted by Crippen LogP contribution is -2.41. The highest BCUT2D eigenvalue weighted by Gasteiger charge is 2.61. The van der Waals surface area contributed by atoms with E-state index in [4.69, 9.17) is 0 Å². The van der Waals surface area contributed by atoms with E-state index in [0.717, 1.165) is 34.2 Å². The minimum Gasteiger partial charge on any atom is -0.426 e. The molecule has 0 amide bonds. The van der Waals surface area contributed by atoms with Gasteiger partial charge in [-0.05, 0) is 52.9 Å². The molecule has 0 atom stereocenters. The first-order valence-corrected chi connectivity index (χ1v) is 7.99. The molecule has 138 valence electrons. The fraction of sp³-hybridized carbons (Fsp3) is 0.100. The number of hydrogen-bond donors (Lipinski definition) is 1. The fourth-order valence-electron chi connectivity index (χ4n) is 3.00. The summed E-state index contributed by atoms with van der Waals surface area (Å²) in [5.41, 5.74) is 3.21. The Balaban J connectivity index is 1.64. The molecule has 0 aliphatic carbocycles. The van der Waals surface area contributed by atoms with E-state index in [2.05, 4.69) is 10.1 Å². The predicted octanol–water partition coefficient (Wildman–Crippen LogP) is 6.30. The van der Waals surface area contributed by atoms with Crippen molar-refractivity contribution in [1.82, 2.24) is 0 Å². The molecule has 4 rings (SSSR count). The Labute approximate surface area is 150 Å². The van der Waals surface area contributed by atoms with Gasteiger partial charge >= 0.3 is 12.3 Å². The number of halogens is 5. The van der Waals surface area contributed by atoms with Crippen LogP contribution in [-0.2, 0) is 0 Å². The Morgan fingerprint density at radius 2 is 1.44 bits per heavy atom. The molecule has 1 heterocycles. The van der Waals surface area contributed by atoms with E-state index >= 15 is 0 Å². The molecule has 7 heteroatoms. The lowest BCUT2D eigenvalue weighted by molar-refractivity contribution is -0.360. The lowest BCUT2D eigenvalue weighted by atomic mass is 9.97. The Bertz CT molecular complexity index is 1030. The number of nitrogens with one attached hydrogen (secondary N) is 1. The molecule has 0 saturated heterocycles. The molecule has 0 fully saturated rings. The SMILES string of the molecule is FC(F)(F)C(F)(F)Oc1ccc(C2=Cc3cccc4cccc(c34)N2)cc1. The summed E-state index contributed by atoms with van der Waals surface area (Å²) in [5, 5.41) is 5.40.